The Kier molecular flexibility index (Phi) is 5.46. The van der Waals surface area contributed by atoms with Gasteiger partial charge in [-0.3, -0.25) is 0 Å². The monoisotopic (exact) mass is 284 g/mol. The molecule has 0 saturated carbocycles. The molecule has 0 fully saturated rings. The standard InChI is InChI=1S/C13H21BrN2/c1-10(15)8-9-13(16(2)3)11-6-4-5-7-12(11)14/h4-7,10,13H,8-9,15H2,1-3H3. The minimum Gasteiger partial charge on any atom is -0.328 e. The lowest BCUT2D eigenvalue weighted by Gasteiger charge is -2.26. The molecule has 1 aromatic rings. The van der Waals surface area contributed by atoms with E-state index >= 15 is 0 Å². The topological polar surface area (TPSA) is 29.3 Å². The molecule has 0 amide bonds. The molecule has 0 bridgehead atoms. The van der Waals surface area contributed by atoms with E-state index in [-0.39, 0.29) is 6.04 Å². The van der Waals surface area contributed by atoms with E-state index in [9.17, 15) is 0 Å². The van der Waals surface area contributed by atoms with E-state index in [4.69, 9.17) is 5.73 Å². The first kappa shape index (κ1) is 13.7. The van der Waals surface area contributed by atoms with Crippen LogP contribution in [0.3, 0.4) is 0 Å². The zero-order valence-corrected chi connectivity index (χ0v) is 11.9. The Balaban J connectivity index is 2.82. The fourth-order valence-corrected chi connectivity index (χ4v) is 2.41. The molecular weight excluding hydrogens is 264 g/mol. The van der Waals surface area contributed by atoms with Crippen molar-refractivity contribution in [2.45, 2.75) is 31.8 Å². The van der Waals surface area contributed by atoms with Gasteiger partial charge in [-0.15, -0.1) is 0 Å². The minimum absolute atomic E-state index is 0.268. The van der Waals surface area contributed by atoms with Gasteiger partial charge in [0.15, 0.2) is 0 Å². The Morgan fingerprint density at radius 2 is 1.88 bits per heavy atom. The highest BCUT2D eigenvalue weighted by Gasteiger charge is 2.16. The van der Waals surface area contributed by atoms with Crippen LogP contribution in [0.1, 0.15) is 31.4 Å². The molecule has 1 rings (SSSR count). The third-order valence-electron chi connectivity index (χ3n) is 2.78. The highest BCUT2D eigenvalue weighted by atomic mass is 79.9. The summed E-state index contributed by atoms with van der Waals surface area (Å²) in [6.45, 7) is 2.06. The first-order chi connectivity index (χ1) is 7.52. The van der Waals surface area contributed by atoms with Gasteiger partial charge in [-0.05, 0) is 45.5 Å². The van der Waals surface area contributed by atoms with Crippen molar-refractivity contribution in [1.29, 1.82) is 0 Å². The van der Waals surface area contributed by atoms with Crippen molar-refractivity contribution in [2.24, 2.45) is 5.73 Å². The van der Waals surface area contributed by atoms with Gasteiger partial charge in [0.2, 0.25) is 0 Å². The first-order valence-corrected chi connectivity index (χ1v) is 6.48. The molecule has 0 aliphatic rings. The molecule has 0 aliphatic heterocycles. The Morgan fingerprint density at radius 1 is 1.25 bits per heavy atom. The molecule has 2 atom stereocenters. The summed E-state index contributed by atoms with van der Waals surface area (Å²) in [5.41, 5.74) is 7.17. The van der Waals surface area contributed by atoms with Gasteiger partial charge in [0.05, 0.1) is 0 Å². The summed E-state index contributed by atoms with van der Waals surface area (Å²) in [6, 6.07) is 9.11. The average Bonchev–Trinajstić information content (AvgIpc) is 2.20. The van der Waals surface area contributed by atoms with Crippen molar-refractivity contribution in [2.75, 3.05) is 14.1 Å². The maximum Gasteiger partial charge on any atom is 0.0353 e. The SMILES string of the molecule is CC(N)CCC(c1ccccc1Br)N(C)C. The fraction of sp³-hybridized carbons (Fsp3) is 0.538. The van der Waals surface area contributed by atoms with E-state index in [0.29, 0.717) is 6.04 Å². The summed E-state index contributed by atoms with van der Waals surface area (Å²) in [5.74, 6) is 0. The van der Waals surface area contributed by atoms with Crippen LogP contribution >= 0.6 is 15.9 Å². The number of hydrogen-bond acceptors (Lipinski definition) is 2. The molecule has 0 radical (unpaired) electrons. The summed E-state index contributed by atoms with van der Waals surface area (Å²) in [7, 11) is 4.23. The quantitative estimate of drug-likeness (QED) is 0.900. The lowest BCUT2D eigenvalue weighted by atomic mass is 9.99. The molecule has 2 nitrogen and oxygen atoms in total. The maximum atomic E-state index is 5.83. The zero-order valence-electron chi connectivity index (χ0n) is 10.3. The Morgan fingerprint density at radius 3 is 2.38 bits per heavy atom. The van der Waals surface area contributed by atoms with Gasteiger partial charge in [-0.2, -0.15) is 0 Å². The second-order valence-corrected chi connectivity index (χ2v) is 5.41. The van der Waals surface area contributed by atoms with Gasteiger partial charge in [0, 0.05) is 16.6 Å². The Bertz CT molecular complexity index is 323. The van der Waals surface area contributed by atoms with Crippen molar-refractivity contribution >= 4 is 15.9 Å². The lowest BCUT2D eigenvalue weighted by Crippen LogP contribution is -2.23. The highest BCUT2D eigenvalue weighted by molar-refractivity contribution is 9.10. The van der Waals surface area contributed by atoms with Crippen LogP contribution in [0, 0.1) is 0 Å². The van der Waals surface area contributed by atoms with Gasteiger partial charge >= 0.3 is 0 Å². The normalized spacial score (nSPS) is 15.1. The smallest absolute Gasteiger partial charge is 0.0353 e. The van der Waals surface area contributed by atoms with Crippen LogP contribution in [-0.2, 0) is 0 Å². The summed E-state index contributed by atoms with van der Waals surface area (Å²) < 4.78 is 1.18. The molecule has 0 saturated heterocycles. The first-order valence-electron chi connectivity index (χ1n) is 5.68. The van der Waals surface area contributed by atoms with Crippen LogP contribution in [0.15, 0.2) is 28.7 Å². The Hall–Kier alpha value is -0.380. The molecule has 1 aromatic carbocycles. The summed E-state index contributed by atoms with van der Waals surface area (Å²) in [4.78, 5) is 2.25. The van der Waals surface area contributed by atoms with Gasteiger partial charge in [0.25, 0.3) is 0 Å². The number of nitrogens with zero attached hydrogens (tertiary/aromatic N) is 1. The largest absolute Gasteiger partial charge is 0.328 e. The fourth-order valence-electron chi connectivity index (χ4n) is 1.86. The van der Waals surface area contributed by atoms with Gasteiger partial charge < -0.3 is 10.6 Å². The van der Waals surface area contributed by atoms with E-state index in [2.05, 4.69) is 60.0 Å². The predicted molar refractivity (Wildman–Crippen MR) is 73.5 cm³/mol. The molecule has 0 aromatic heterocycles. The van der Waals surface area contributed by atoms with Crippen LogP contribution in [0.4, 0.5) is 0 Å². The van der Waals surface area contributed by atoms with E-state index in [1.165, 1.54) is 10.0 Å². The van der Waals surface area contributed by atoms with Gasteiger partial charge in [-0.1, -0.05) is 34.1 Å². The number of hydrogen-bond donors (Lipinski definition) is 1. The van der Waals surface area contributed by atoms with Crippen molar-refractivity contribution in [3.05, 3.63) is 34.3 Å². The number of halogens is 1. The summed E-state index contributed by atoms with van der Waals surface area (Å²) >= 11 is 3.61. The highest BCUT2D eigenvalue weighted by Crippen LogP contribution is 2.29. The second-order valence-electron chi connectivity index (χ2n) is 4.56. The van der Waals surface area contributed by atoms with Crippen molar-refractivity contribution < 1.29 is 0 Å². The predicted octanol–water partition coefficient (Wildman–Crippen LogP) is 3.18. The summed E-state index contributed by atoms with van der Waals surface area (Å²) in [6.07, 6.45) is 2.14. The van der Waals surface area contributed by atoms with Crippen LogP contribution in [0.5, 0.6) is 0 Å². The van der Waals surface area contributed by atoms with Crippen molar-refractivity contribution in [3.8, 4) is 0 Å². The third kappa shape index (κ3) is 3.89. The van der Waals surface area contributed by atoms with E-state index in [0.717, 1.165) is 12.8 Å². The van der Waals surface area contributed by atoms with E-state index < -0.39 is 0 Å². The van der Waals surface area contributed by atoms with Crippen LogP contribution in [0.25, 0.3) is 0 Å². The number of benzene rings is 1. The third-order valence-corrected chi connectivity index (χ3v) is 3.51. The zero-order chi connectivity index (χ0) is 12.1. The van der Waals surface area contributed by atoms with E-state index in [1.807, 2.05) is 6.07 Å². The molecular formula is C13H21BrN2. The van der Waals surface area contributed by atoms with Crippen LogP contribution in [-0.4, -0.2) is 25.0 Å². The maximum absolute atomic E-state index is 5.83. The molecule has 90 valence electrons. The van der Waals surface area contributed by atoms with Crippen LogP contribution < -0.4 is 5.73 Å². The Labute approximate surface area is 107 Å². The molecule has 3 heteroatoms. The van der Waals surface area contributed by atoms with E-state index in [1.54, 1.807) is 0 Å². The molecule has 2 unspecified atom stereocenters. The lowest BCUT2D eigenvalue weighted by molar-refractivity contribution is 0.274. The molecule has 2 N–H and O–H groups in total. The second kappa shape index (κ2) is 6.38. The molecule has 0 aliphatic carbocycles. The minimum atomic E-state index is 0.268. The molecule has 0 spiro atoms. The number of nitrogens with two attached hydrogens (primary N) is 1. The van der Waals surface area contributed by atoms with Crippen LogP contribution in [0.2, 0.25) is 0 Å². The number of rotatable bonds is 5. The average molecular weight is 285 g/mol. The summed E-state index contributed by atoms with van der Waals surface area (Å²) in [5, 5.41) is 0. The van der Waals surface area contributed by atoms with Gasteiger partial charge in [-0.25, -0.2) is 0 Å². The van der Waals surface area contributed by atoms with Crippen molar-refractivity contribution in [3.63, 3.8) is 0 Å². The van der Waals surface area contributed by atoms with Crippen molar-refractivity contribution in [1.82, 2.24) is 4.90 Å². The molecule has 16 heavy (non-hydrogen) atoms. The molecule has 0 heterocycles. The van der Waals surface area contributed by atoms with Gasteiger partial charge in [0.1, 0.15) is 0 Å².